The summed E-state index contributed by atoms with van der Waals surface area (Å²) in [7, 11) is 0. The lowest BCUT2D eigenvalue weighted by Gasteiger charge is -2.31. The van der Waals surface area contributed by atoms with E-state index in [1.165, 1.54) is 0 Å². The molecule has 0 saturated carbocycles. The third kappa shape index (κ3) is 7.22. The number of amidine groups is 1. The van der Waals surface area contributed by atoms with Crippen molar-refractivity contribution in [1.82, 2.24) is 10.2 Å². The first-order valence-corrected chi connectivity index (χ1v) is 11.6. The molecule has 2 heterocycles. The Bertz CT molecular complexity index is 938. The Morgan fingerprint density at radius 3 is 2.50 bits per heavy atom. The summed E-state index contributed by atoms with van der Waals surface area (Å²) in [6, 6.07) is 1.78. The number of amides is 1. The number of carbonyl (C=O) groups excluding carboxylic acids is 1. The van der Waals surface area contributed by atoms with Gasteiger partial charge in [-0.05, 0) is 68.2 Å². The van der Waals surface area contributed by atoms with Crippen LogP contribution in [0, 0.1) is 5.92 Å². The molecule has 1 aromatic rings. The maximum atomic E-state index is 13.4. The fourth-order valence-electron chi connectivity index (χ4n) is 3.82. The molecular weight excluding hydrogens is 484 g/mol. The zero-order valence-corrected chi connectivity index (χ0v) is 19.2. The molecular formula is C22H25F6N3O2S. The van der Waals surface area contributed by atoms with Crippen molar-refractivity contribution >= 4 is 22.8 Å². The lowest BCUT2D eigenvalue weighted by atomic mass is 9.95. The van der Waals surface area contributed by atoms with E-state index in [-0.39, 0.29) is 29.3 Å². The average molecular weight is 510 g/mol. The van der Waals surface area contributed by atoms with E-state index in [1.54, 1.807) is 4.90 Å². The summed E-state index contributed by atoms with van der Waals surface area (Å²) >= 11 is 1.05. The third-order valence-corrected chi connectivity index (χ3v) is 6.36. The van der Waals surface area contributed by atoms with Crippen LogP contribution in [-0.2, 0) is 23.6 Å². The number of allylic oxidation sites excluding steroid dienone is 1. The summed E-state index contributed by atoms with van der Waals surface area (Å²) in [6.45, 7) is 4.18. The number of carbonyl (C=O) groups is 1. The van der Waals surface area contributed by atoms with E-state index in [1.807, 2.05) is 13.0 Å². The number of hydrogen-bond acceptors (Lipinski definition) is 5. The smallest absolute Gasteiger partial charge is 0.380 e. The number of alkyl halides is 6. The van der Waals surface area contributed by atoms with Crippen LogP contribution in [0.1, 0.15) is 36.5 Å². The molecule has 0 atom stereocenters. The normalized spacial score (nSPS) is 21.0. The fraction of sp³-hybridized carbons (Fsp3) is 0.545. The molecule has 0 radical (unpaired) electrons. The fourth-order valence-corrected chi connectivity index (χ4v) is 4.64. The Hall–Kier alpha value is -2.05. The van der Waals surface area contributed by atoms with Crippen LogP contribution in [-0.4, -0.2) is 48.8 Å². The zero-order chi connectivity index (χ0) is 24.9. The molecule has 2 saturated heterocycles. The van der Waals surface area contributed by atoms with Gasteiger partial charge in [0.1, 0.15) is 5.84 Å². The highest BCUT2D eigenvalue weighted by atomic mass is 32.2. The van der Waals surface area contributed by atoms with Gasteiger partial charge in [-0.3, -0.25) is 14.7 Å². The number of thioether (sulfide) groups is 1. The Labute approximate surface area is 197 Å². The minimum Gasteiger partial charge on any atom is -0.380 e. The standard InChI is InChI=1S/C22H25F6N3O2S/c1-2-33-10-7-29-19-18(34-20(32)30-19)11-14-5-8-31(9-6-14)13-15-3-4-16(21(23,24)25)12-17(15)22(26,27)28/h3-4,11-12,14H,2,5-10,13H2,1H3,(H,29,30,32)/b18-11-. The van der Waals surface area contributed by atoms with E-state index in [9.17, 15) is 31.1 Å². The number of ether oxygens (including phenoxy) is 1. The van der Waals surface area contributed by atoms with E-state index in [2.05, 4.69) is 10.3 Å². The van der Waals surface area contributed by atoms with E-state index in [0.29, 0.717) is 57.6 Å². The van der Waals surface area contributed by atoms with Crippen molar-refractivity contribution in [2.75, 3.05) is 32.8 Å². The molecule has 34 heavy (non-hydrogen) atoms. The van der Waals surface area contributed by atoms with Gasteiger partial charge in [-0.15, -0.1) is 0 Å². The van der Waals surface area contributed by atoms with Gasteiger partial charge in [0.2, 0.25) is 0 Å². The SMILES string of the molecule is CCOCCN=C1NC(=O)S/C1=C\C1CCN(Cc2ccc(C(F)(F)F)cc2C(F)(F)F)CC1. The highest BCUT2D eigenvalue weighted by Gasteiger charge is 2.38. The summed E-state index contributed by atoms with van der Waals surface area (Å²) in [5, 5.41) is 2.48. The Balaban J connectivity index is 1.63. The summed E-state index contributed by atoms with van der Waals surface area (Å²) < 4.78 is 84.1. The van der Waals surface area contributed by atoms with Crippen molar-refractivity contribution < 1.29 is 35.9 Å². The van der Waals surface area contributed by atoms with Crippen molar-refractivity contribution in [3.05, 3.63) is 45.9 Å². The Kier molecular flexibility index (Phi) is 8.69. The molecule has 0 bridgehead atoms. The molecule has 3 rings (SSSR count). The van der Waals surface area contributed by atoms with Crippen LogP contribution in [0.25, 0.3) is 0 Å². The van der Waals surface area contributed by atoms with E-state index >= 15 is 0 Å². The number of halogens is 6. The van der Waals surface area contributed by atoms with Crippen LogP contribution in [0.15, 0.2) is 34.2 Å². The third-order valence-electron chi connectivity index (χ3n) is 5.52. The highest BCUT2D eigenvalue weighted by molar-refractivity contribution is 8.18. The predicted octanol–water partition coefficient (Wildman–Crippen LogP) is 5.71. The first kappa shape index (κ1) is 26.6. The van der Waals surface area contributed by atoms with Crippen molar-refractivity contribution in [3.63, 3.8) is 0 Å². The number of nitrogens with one attached hydrogen (secondary N) is 1. The number of likely N-dealkylation sites (tertiary alicyclic amines) is 1. The molecule has 1 amide bonds. The van der Waals surface area contributed by atoms with Gasteiger partial charge in [0.25, 0.3) is 5.24 Å². The monoisotopic (exact) mass is 509 g/mol. The summed E-state index contributed by atoms with van der Waals surface area (Å²) in [6.07, 6.45) is -6.47. The van der Waals surface area contributed by atoms with Crippen LogP contribution in [0.3, 0.4) is 0 Å². The first-order valence-electron chi connectivity index (χ1n) is 10.8. The molecule has 2 aliphatic heterocycles. The second-order valence-electron chi connectivity index (χ2n) is 7.95. The molecule has 0 aromatic heterocycles. The summed E-state index contributed by atoms with van der Waals surface area (Å²) in [4.78, 5) is 18.7. The van der Waals surface area contributed by atoms with Gasteiger partial charge in [-0.25, -0.2) is 0 Å². The second-order valence-corrected chi connectivity index (χ2v) is 8.97. The minimum absolute atomic E-state index is 0.0881. The van der Waals surface area contributed by atoms with Gasteiger partial charge in [-0.2, -0.15) is 26.3 Å². The number of hydrogen-bond donors (Lipinski definition) is 1. The van der Waals surface area contributed by atoms with Gasteiger partial charge >= 0.3 is 12.4 Å². The Morgan fingerprint density at radius 2 is 1.88 bits per heavy atom. The van der Waals surface area contributed by atoms with Gasteiger partial charge in [-0.1, -0.05) is 12.1 Å². The van der Waals surface area contributed by atoms with Crippen molar-refractivity contribution in [2.24, 2.45) is 10.9 Å². The Morgan fingerprint density at radius 1 is 1.18 bits per heavy atom. The highest BCUT2D eigenvalue weighted by Crippen LogP contribution is 2.38. The predicted molar refractivity (Wildman–Crippen MR) is 117 cm³/mol. The van der Waals surface area contributed by atoms with E-state index < -0.39 is 23.5 Å². The first-order chi connectivity index (χ1) is 16.0. The number of benzene rings is 1. The topological polar surface area (TPSA) is 53.9 Å². The van der Waals surface area contributed by atoms with Crippen LogP contribution in [0.2, 0.25) is 0 Å². The maximum Gasteiger partial charge on any atom is 0.416 e. The van der Waals surface area contributed by atoms with Crippen molar-refractivity contribution in [1.29, 1.82) is 0 Å². The molecule has 0 spiro atoms. The molecule has 188 valence electrons. The summed E-state index contributed by atoms with van der Waals surface area (Å²) in [5.74, 6) is 0.606. The quantitative estimate of drug-likeness (QED) is 0.378. The van der Waals surface area contributed by atoms with Crippen molar-refractivity contribution in [3.8, 4) is 0 Å². The van der Waals surface area contributed by atoms with Crippen LogP contribution >= 0.6 is 11.8 Å². The minimum atomic E-state index is -4.88. The lowest BCUT2D eigenvalue weighted by molar-refractivity contribution is -0.143. The number of aliphatic imine (C=N–C) groups is 1. The molecule has 5 nitrogen and oxygen atoms in total. The van der Waals surface area contributed by atoms with E-state index in [0.717, 1.165) is 22.7 Å². The van der Waals surface area contributed by atoms with Gasteiger partial charge in [0.15, 0.2) is 0 Å². The zero-order valence-electron chi connectivity index (χ0n) is 18.4. The molecule has 0 aliphatic carbocycles. The maximum absolute atomic E-state index is 13.4. The van der Waals surface area contributed by atoms with Crippen LogP contribution in [0.4, 0.5) is 31.1 Å². The number of rotatable bonds is 7. The van der Waals surface area contributed by atoms with Gasteiger partial charge in [0.05, 0.1) is 29.2 Å². The van der Waals surface area contributed by atoms with Crippen molar-refractivity contribution in [2.45, 2.75) is 38.7 Å². The molecule has 2 aliphatic rings. The van der Waals surface area contributed by atoms with E-state index in [4.69, 9.17) is 4.74 Å². The lowest BCUT2D eigenvalue weighted by Crippen LogP contribution is -2.33. The van der Waals surface area contributed by atoms with Gasteiger partial charge in [0, 0.05) is 13.2 Å². The second kappa shape index (κ2) is 11.1. The molecule has 12 heteroatoms. The van der Waals surface area contributed by atoms with Crippen LogP contribution < -0.4 is 5.32 Å². The molecule has 1 N–H and O–H groups in total. The summed E-state index contributed by atoms with van der Waals surface area (Å²) in [5.41, 5.74) is -2.75. The number of nitrogens with zero attached hydrogens (tertiary/aromatic N) is 2. The molecule has 2 fully saturated rings. The molecule has 1 aromatic carbocycles. The molecule has 0 unspecified atom stereocenters. The number of piperidine rings is 1. The van der Waals surface area contributed by atoms with Crippen LogP contribution in [0.5, 0.6) is 0 Å². The average Bonchev–Trinajstić information content (AvgIpc) is 3.10. The largest absolute Gasteiger partial charge is 0.416 e. The van der Waals surface area contributed by atoms with Gasteiger partial charge < -0.3 is 10.1 Å².